The smallest absolute Gasteiger partial charge is 0.415 e. The van der Waals surface area contributed by atoms with Crippen LogP contribution in [0.15, 0.2) is 54.7 Å². The molecule has 6 heteroatoms. The maximum absolute atomic E-state index is 13.8. The van der Waals surface area contributed by atoms with Crippen molar-refractivity contribution in [1.82, 2.24) is 4.98 Å². The first-order valence-corrected chi connectivity index (χ1v) is 11.1. The van der Waals surface area contributed by atoms with Gasteiger partial charge in [-0.1, -0.05) is 36.7 Å². The summed E-state index contributed by atoms with van der Waals surface area (Å²) in [5.74, 6) is 0. The molecular weight excluding hydrogens is 412 g/mol. The number of hydrogen-bond donors (Lipinski definition) is 2. The van der Waals surface area contributed by atoms with Crippen LogP contribution >= 0.6 is 11.6 Å². The number of aromatic nitrogens is 1. The fourth-order valence-corrected chi connectivity index (χ4v) is 4.71. The molecule has 164 valence electrons. The van der Waals surface area contributed by atoms with Crippen LogP contribution < -0.4 is 4.90 Å². The van der Waals surface area contributed by atoms with Crippen molar-refractivity contribution < 1.29 is 14.6 Å². The number of nitrogens with one attached hydrogen (secondary N) is 1. The summed E-state index contributed by atoms with van der Waals surface area (Å²) in [5, 5.41) is 13.2. The lowest BCUT2D eigenvalue weighted by Crippen LogP contribution is -2.59. The Morgan fingerprint density at radius 2 is 1.84 bits per heavy atom. The highest BCUT2D eigenvalue weighted by Gasteiger charge is 2.63. The van der Waals surface area contributed by atoms with Crippen LogP contribution in [0, 0.1) is 0 Å². The van der Waals surface area contributed by atoms with E-state index in [0.29, 0.717) is 30.0 Å². The average Bonchev–Trinajstić information content (AvgIpc) is 3.26. The largest absolute Gasteiger partial charge is 0.443 e. The number of aliphatic hydroxyl groups is 1. The number of H-pyrrole nitrogens is 1. The summed E-state index contributed by atoms with van der Waals surface area (Å²) in [5.41, 5.74) is -0.318. The van der Waals surface area contributed by atoms with Crippen molar-refractivity contribution in [3.05, 3.63) is 65.3 Å². The van der Waals surface area contributed by atoms with Gasteiger partial charge in [0.1, 0.15) is 11.1 Å². The zero-order valence-corrected chi connectivity index (χ0v) is 19.2. The lowest BCUT2D eigenvalue weighted by Gasteiger charge is -2.47. The number of amides is 1. The lowest BCUT2D eigenvalue weighted by molar-refractivity contribution is 0.0229. The maximum atomic E-state index is 13.8. The van der Waals surface area contributed by atoms with Gasteiger partial charge in [0, 0.05) is 22.1 Å². The SMILES string of the molecule is CCC(c1ccc(Cl)cc1)(N(C(=O)OC(C)(C)C)c1cccc2[nH]ccc12)C1(O)CC1. The Morgan fingerprint density at radius 3 is 2.42 bits per heavy atom. The van der Waals surface area contributed by atoms with Crippen molar-refractivity contribution in [2.24, 2.45) is 0 Å². The van der Waals surface area contributed by atoms with Crippen LogP contribution in [0.4, 0.5) is 10.5 Å². The molecule has 1 fully saturated rings. The molecule has 1 saturated carbocycles. The average molecular weight is 441 g/mol. The zero-order chi connectivity index (χ0) is 22.4. The molecule has 1 atom stereocenters. The number of nitrogens with zero attached hydrogens (tertiary/aromatic N) is 1. The van der Waals surface area contributed by atoms with E-state index < -0.39 is 22.8 Å². The van der Waals surface area contributed by atoms with Crippen LogP contribution in [0.25, 0.3) is 10.9 Å². The second kappa shape index (κ2) is 7.57. The maximum Gasteiger partial charge on any atom is 0.415 e. The van der Waals surface area contributed by atoms with Gasteiger partial charge in [0.15, 0.2) is 0 Å². The highest BCUT2D eigenvalue weighted by Crippen LogP contribution is 2.57. The number of carbonyl (C=O) groups excluding carboxylic acids is 1. The molecule has 2 N–H and O–H groups in total. The van der Waals surface area contributed by atoms with Crippen molar-refractivity contribution in [3.8, 4) is 0 Å². The number of fused-ring (bicyclic) bond motifs is 1. The van der Waals surface area contributed by atoms with Gasteiger partial charge >= 0.3 is 6.09 Å². The van der Waals surface area contributed by atoms with E-state index in [4.69, 9.17) is 16.3 Å². The van der Waals surface area contributed by atoms with Crippen LogP contribution in [0.5, 0.6) is 0 Å². The minimum absolute atomic E-state index is 0.488. The standard InChI is InChI=1S/C25H29ClN2O3/c1-5-25(24(30)14-15-24,17-9-11-18(26)12-10-17)28(22(29)31-23(2,3)4)21-8-6-7-20-19(21)13-16-27-20/h6-13,16,27,30H,5,14-15H2,1-4H3. The van der Waals surface area contributed by atoms with Crippen molar-refractivity contribution in [3.63, 3.8) is 0 Å². The second-order valence-corrected chi connectivity index (χ2v) is 9.72. The fourth-order valence-electron chi connectivity index (χ4n) is 4.59. The molecule has 5 nitrogen and oxygen atoms in total. The second-order valence-electron chi connectivity index (χ2n) is 9.28. The Labute approximate surface area is 188 Å². The van der Waals surface area contributed by atoms with E-state index >= 15 is 0 Å². The zero-order valence-electron chi connectivity index (χ0n) is 18.4. The summed E-state index contributed by atoms with van der Waals surface area (Å²) in [6.45, 7) is 7.55. The fraction of sp³-hybridized carbons (Fsp3) is 0.400. The molecule has 1 amide bonds. The molecule has 1 unspecified atom stereocenters. The van der Waals surface area contributed by atoms with Gasteiger partial charge in [0.2, 0.25) is 0 Å². The van der Waals surface area contributed by atoms with Crippen molar-refractivity contribution in [1.29, 1.82) is 0 Å². The van der Waals surface area contributed by atoms with Crippen molar-refractivity contribution in [2.75, 3.05) is 4.90 Å². The number of halogens is 1. The number of ether oxygens (including phenoxy) is 1. The van der Waals surface area contributed by atoms with E-state index in [0.717, 1.165) is 16.5 Å². The van der Waals surface area contributed by atoms with Crippen LogP contribution in [-0.2, 0) is 10.3 Å². The highest BCUT2D eigenvalue weighted by molar-refractivity contribution is 6.30. The number of benzene rings is 2. The number of aromatic amines is 1. The molecule has 0 aliphatic heterocycles. The molecule has 0 saturated heterocycles. The predicted molar refractivity (Wildman–Crippen MR) is 125 cm³/mol. The Kier molecular flexibility index (Phi) is 5.31. The highest BCUT2D eigenvalue weighted by atomic mass is 35.5. The summed E-state index contributed by atoms with van der Waals surface area (Å²) >= 11 is 6.17. The summed E-state index contributed by atoms with van der Waals surface area (Å²) in [6, 6.07) is 15.1. The first-order valence-electron chi connectivity index (χ1n) is 10.7. The van der Waals surface area contributed by atoms with Gasteiger partial charge < -0.3 is 14.8 Å². The Morgan fingerprint density at radius 1 is 1.16 bits per heavy atom. The third kappa shape index (κ3) is 3.70. The minimum atomic E-state index is -1.06. The van der Waals surface area contributed by atoms with Gasteiger partial charge in [0.05, 0.1) is 11.3 Å². The summed E-state index contributed by atoms with van der Waals surface area (Å²) < 4.78 is 5.90. The van der Waals surface area contributed by atoms with Crippen LogP contribution in [-0.4, -0.2) is 27.4 Å². The van der Waals surface area contributed by atoms with Gasteiger partial charge in [-0.3, -0.25) is 4.90 Å². The van der Waals surface area contributed by atoms with Gasteiger partial charge in [-0.05, 0) is 75.9 Å². The molecular formula is C25H29ClN2O3. The summed E-state index contributed by atoms with van der Waals surface area (Å²) in [6.07, 6.45) is 3.07. The number of rotatable bonds is 5. The summed E-state index contributed by atoms with van der Waals surface area (Å²) in [7, 11) is 0. The number of anilines is 1. The lowest BCUT2D eigenvalue weighted by atomic mass is 9.77. The van der Waals surface area contributed by atoms with Gasteiger partial charge in [-0.25, -0.2) is 4.79 Å². The molecule has 1 aliphatic carbocycles. The molecule has 1 aliphatic rings. The third-order valence-corrected chi connectivity index (χ3v) is 6.35. The molecule has 1 aromatic heterocycles. The third-order valence-electron chi connectivity index (χ3n) is 6.10. The van der Waals surface area contributed by atoms with Gasteiger partial charge in [-0.15, -0.1) is 0 Å². The van der Waals surface area contributed by atoms with Gasteiger partial charge in [0.25, 0.3) is 0 Å². The molecule has 2 aromatic carbocycles. The first kappa shape index (κ1) is 21.7. The van der Waals surface area contributed by atoms with Crippen LogP contribution in [0.1, 0.15) is 52.5 Å². The van der Waals surface area contributed by atoms with E-state index in [1.54, 1.807) is 17.0 Å². The number of carbonyl (C=O) groups is 1. The molecule has 0 radical (unpaired) electrons. The minimum Gasteiger partial charge on any atom is -0.443 e. The van der Waals surface area contributed by atoms with E-state index in [2.05, 4.69) is 4.98 Å². The van der Waals surface area contributed by atoms with Crippen molar-refractivity contribution in [2.45, 2.75) is 63.7 Å². The quantitative estimate of drug-likeness (QED) is 0.482. The van der Waals surface area contributed by atoms with Crippen LogP contribution in [0.2, 0.25) is 5.02 Å². The monoisotopic (exact) mass is 440 g/mol. The molecule has 1 heterocycles. The Balaban J connectivity index is 2.00. The topological polar surface area (TPSA) is 65.6 Å². The van der Waals surface area contributed by atoms with Crippen LogP contribution in [0.3, 0.4) is 0 Å². The van der Waals surface area contributed by atoms with Gasteiger partial charge in [-0.2, -0.15) is 0 Å². The Hall–Kier alpha value is -2.50. The normalized spacial score (nSPS) is 17.2. The van der Waals surface area contributed by atoms with Crippen molar-refractivity contribution >= 4 is 34.3 Å². The van der Waals surface area contributed by atoms with E-state index in [-0.39, 0.29) is 0 Å². The Bertz CT molecular complexity index is 1100. The molecule has 0 bridgehead atoms. The molecule has 0 spiro atoms. The van der Waals surface area contributed by atoms with E-state index in [1.807, 2.05) is 70.3 Å². The molecule has 4 rings (SSSR count). The number of hydrogen-bond acceptors (Lipinski definition) is 3. The molecule has 3 aromatic rings. The van der Waals surface area contributed by atoms with E-state index in [9.17, 15) is 9.90 Å². The van der Waals surface area contributed by atoms with E-state index in [1.165, 1.54) is 0 Å². The predicted octanol–water partition coefficient (Wildman–Crippen LogP) is 6.39. The molecule has 31 heavy (non-hydrogen) atoms. The summed E-state index contributed by atoms with van der Waals surface area (Å²) in [4.78, 5) is 18.7. The first-order chi connectivity index (χ1) is 14.6.